The molecule has 1 N–H and O–H groups in total. The van der Waals surface area contributed by atoms with Crippen LogP contribution in [0.5, 0.6) is 0 Å². The van der Waals surface area contributed by atoms with Crippen LogP contribution in [0.2, 0.25) is 0 Å². The maximum atomic E-state index is 12.9. The minimum atomic E-state index is -0.305. The number of nitrogens with one attached hydrogen (secondary N) is 1. The van der Waals surface area contributed by atoms with Gasteiger partial charge >= 0.3 is 0 Å². The molecule has 1 aromatic carbocycles. The molecule has 1 fully saturated rings. The Morgan fingerprint density at radius 3 is 2.54 bits per heavy atom. The SMILES string of the molecule is CC(NC(=O)c1nc(C(=O)N2CCOCC2)n2ccccc12)c1ccccc1. The molecule has 144 valence electrons. The summed E-state index contributed by atoms with van der Waals surface area (Å²) < 4.78 is 7.00. The highest BCUT2D eigenvalue weighted by Gasteiger charge is 2.26. The van der Waals surface area contributed by atoms with Gasteiger partial charge in [0.1, 0.15) is 0 Å². The predicted octanol–water partition coefficient (Wildman–Crippen LogP) is 2.30. The number of amides is 2. The van der Waals surface area contributed by atoms with Crippen molar-refractivity contribution in [3.63, 3.8) is 0 Å². The molecule has 7 heteroatoms. The van der Waals surface area contributed by atoms with Crippen LogP contribution in [0.15, 0.2) is 54.7 Å². The molecule has 2 amide bonds. The van der Waals surface area contributed by atoms with Crippen LogP contribution in [0.1, 0.15) is 39.6 Å². The molecule has 0 saturated carbocycles. The first-order valence-electron chi connectivity index (χ1n) is 9.35. The fraction of sp³-hybridized carbons (Fsp3) is 0.286. The zero-order valence-electron chi connectivity index (χ0n) is 15.7. The van der Waals surface area contributed by atoms with E-state index in [0.29, 0.717) is 31.8 Å². The Bertz CT molecular complexity index is 993. The second kappa shape index (κ2) is 7.82. The van der Waals surface area contributed by atoms with E-state index in [4.69, 9.17) is 4.74 Å². The van der Waals surface area contributed by atoms with E-state index in [0.717, 1.165) is 5.56 Å². The van der Waals surface area contributed by atoms with Gasteiger partial charge in [-0.2, -0.15) is 0 Å². The first-order valence-corrected chi connectivity index (χ1v) is 9.35. The van der Waals surface area contributed by atoms with Crippen molar-refractivity contribution in [3.8, 4) is 0 Å². The number of imidazole rings is 1. The molecule has 4 rings (SSSR count). The van der Waals surface area contributed by atoms with Crippen LogP contribution in [-0.4, -0.2) is 52.4 Å². The number of carbonyl (C=O) groups is 2. The molecular formula is C21H22N4O3. The fourth-order valence-electron chi connectivity index (χ4n) is 3.35. The number of hydrogen-bond acceptors (Lipinski definition) is 4. The molecule has 1 aliphatic heterocycles. The maximum absolute atomic E-state index is 12.9. The van der Waals surface area contributed by atoms with Crippen molar-refractivity contribution >= 4 is 17.3 Å². The van der Waals surface area contributed by atoms with Gasteiger partial charge in [-0.1, -0.05) is 36.4 Å². The van der Waals surface area contributed by atoms with E-state index in [1.165, 1.54) is 0 Å². The monoisotopic (exact) mass is 378 g/mol. The summed E-state index contributed by atoms with van der Waals surface area (Å²) in [5.41, 5.74) is 1.86. The molecule has 3 heterocycles. The number of aromatic nitrogens is 2. The van der Waals surface area contributed by atoms with Gasteiger partial charge in [-0.25, -0.2) is 4.98 Å². The third kappa shape index (κ3) is 3.48. The quantitative estimate of drug-likeness (QED) is 0.756. The summed E-state index contributed by atoms with van der Waals surface area (Å²) in [7, 11) is 0. The van der Waals surface area contributed by atoms with Crippen LogP contribution in [0.4, 0.5) is 0 Å². The lowest BCUT2D eigenvalue weighted by Gasteiger charge is -2.26. The normalized spacial score (nSPS) is 15.4. The van der Waals surface area contributed by atoms with Crippen LogP contribution in [0, 0.1) is 0 Å². The lowest BCUT2D eigenvalue weighted by molar-refractivity contribution is 0.0294. The number of fused-ring (bicyclic) bond motifs is 1. The average Bonchev–Trinajstić information content (AvgIpc) is 3.14. The van der Waals surface area contributed by atoms with E-state index in [-0.39, 0.29) is 29.4 Å². The molecule has 2 aromatic heterocycles. The molecule has 1 unspecified atom stereocenters. The van der Waals surface area contributed by atoms with Crippen molar-refractivity contribution in [1.82, 2.24) is 19.6 Å². The first kappa shape index (κ1) is 18.2. The van der Waals surface area contributed by atoms with Crippen molar-refractivity contribution in [2.24, 2.45) is 0 Å². The van der Waals surface area contributed by atoms with Crippen LogP contribution in [0.25, 0.3) is 5.52 Å². The Morgan fingerprint density at radius 2 is 1.79 bits per heavy atom. The van der Waals surface area contributed by atoms with Gasteiger partial charge in [0.2, 0.25) is 5.82 Å². The van der Waals surface area contributed by atoms with Crippen LogP contribution in [-0.2, 0) is 4.74 Å². The topological polar surface area (TPSA) is 75.9 Å². The van der Waals surface area contributed by atoms with Gasteiger partial charge in [0.25, 0.3) is 11.8 Å². The van der Waals surface area contributed by atoms with E-state index >= 15 is 0 Å². The molecule has 3 aromatic rings. The van der Waals surface area contributed by atoms with Gasteiger partial charge in [-0.3, -0.25) is 14.0 Å². The number of pyridine rings is 1. The first-order chi connectivity index (χ1) is 13.6. The highest BCUT2D eigenvalue weighted by atomic mass is 16.5. The summed E-state index contributed by atoms with van der Waals surface area (Å²) in [6.07, 6.45) is 1.76. The number of carbonyl (C=O) groups excluding carboxylic acids is 2. The molecule has 1 aliphatic rings. The van der Waals surface area contributed by atoms with E-state index < -0.39 is 0 Å². The van der Waals surface area contributed by atoms with Crippen molar-refractivity contribution < 1.29 is 14.3 Å². The molecule has 0 aliphatic carbocycles. The van der Waals surface area contributed by atoms with E-state index in [2.05, 4.69) is 10.3 Å². The highest BCUT2D eigenvalue weighted by molar-refractivity contribution is 6.02. The van der Waals surface area contributed by atoms with Crippen LogP contribution < -0.4 is 5.32 Å². The van der Waals surface area contributed by atoms with Gasteiger partial charge in [0, 0.05) is 19.3 Å². The highest BCUT2D eigenvalue weighted by Crippen LogP contribution is 2.18. The number of morpholine rings is 1. The number of ether oxygens (including phenoxy) is 1. The molecule has 7 nitrogen and oxygen atoms in total. The Morgan fingerprint density at radius 1 is 1.07 bits per heavy atom. The van der Waals surface area contributed by atoms with Crippen LogP contribution >= 0.6 is 0 Å². The van der Waals surface area contributed by atoms with Gasteiger partial charge in [-0.05, 0) is 24.6 Å². The smallest absolute Gasteiger partial charge is 0.290 e. The molecular weight excluding hydrogens is 356 g/mol. The minimum absolute atomic E-state index is 0.174. The second-order valence-corrected chi connectivity index (χ2v) is 6.75. The van der Waals surface area contributed by atoms with Crippen molar-refractivity contribution in [1.29, 1.82) is 0 Å². The average molecular weight is 378 g/mol. The third-order valence-electron chi connectivity index (χ3n) is 4.90. The number of hydrogen-bond donors (Lipinski definition) is 1. The lowest BCUT2D eigenvalue weighted by Crippen LogP contribution is -2.41. The van der Waals surface area contributed by atoms with E-state index in [1.807, 2.05) is 49.4 Å². The molecule has 1 saturated heterocycles. The molecule has 28 heavy (non-hydrogen) atoms. The maximum Gasteiger partial charge on any atom is 0.290 e. The summed E-state index contributed by atoms with van der Waals surface area (Å²) in [5, 5.41) is 2.98. The van der Waals surface area contributed by atoms with E-state index in [1.54, 1.807) is 21.6 Å². The predicted molar refractivity (Wildman–Crippen MR) is 104 cm³/mol. The van der Waals surface area contributed by atoms with Gasteiger partial charge in [0.15, 0.2) is 5.69 Å². The van der Waals surface area contributed by atoms with Gasteiger partial charge in [0.05, 0.1) is 24.8 Å². The number of rotatable bonds is 4. The van der Waals surface area contributed by atoms with Crippen molar-refractivity contribution in [2.75, 3.05) is 26.3 Å². The van der Waals surface area contributed by atoms with Gasteiger partial charge in [-0.15, -0.1) is 0 Å². The summed E-state index contributed by atoms with van der Waals surface area (Å²) in [6.45, 7) is 3.99. The minimum Gasteiger partial charge on any atom is -0.378 e. The zero-order valence-corrected chi connectivity index (χ0v) is 15.7. The third-order valence-corrected chi connectivity index (χ3v) is 4.90. The van der Waals surface area contributed by atoms with Gasteiger partial charge < -0.3 is 15.0 Å². The summed E-state index contributed by atoms with van der Waals surface area (Å²) in [6, 6.07) is 15.0. The lowest BCUT2D eigenvalue weighted by atomic mass is 10.1. The molecule has 1 atom stereocenters. The Balaban J connectivity index is 1.64. The summed E-state index contributed by atoms with van der Waals surface area (Å²) >= 11 is 0. The number of benzene rings is 1. The molecule has 0 radical (unpaired) electrons. The molecule has 0 bridgehead atoms. The Labute approximate surface area is 162 Å². The fourth-order valence-corrected chi connectivity index (χ4v) is 3.35. The molecule has 0 spiro atoms. The second-order valence-electron chi connectivity index (χ2n) is 6.75. The Kier molecular flexibility index (Phi) is 5.08. The van der Waals surface area contributed by atoms with Crippen molar-refractivity contribution in [3.05, 3.63) is 71.8 Å². The largest absolute Gasteiger partial charge is 0.378 e. The summed E-state index contributed by atoms with van der Waals surface area (Å²) in [4.78, 5) is 32.0. The standard InChI is InChI=1S/C21H22N4O3/c1-15(16-7-3-2-4-8-16)22-20(26)18-17-9-5-6-10-25(17)19(23-18)21(27)24-11-13-28-14-12-24/h2-10,15H,11-14H2,1H3,(H,22,26). The van der Waals surface area contributed by atoms with Crippen molar-refractivity contribution in [2.45, 2.75) is 13.0 Å². The summed E-state index contributed by atoms with van der Waals surface area (Å²) in [5.74, 6) is -0.254. The van der Waals surface area contributed by atoms with E-state index in [9.17, 15) is 9.59 Å². The number of nitrogens with zero attached hydrogens (tertiary/aromatic N) is 3. The zero-order chi connectivity index (χ0) is 19.5. The Hall–Kier alpha value is -3.19. The van der Waals surface area contributed by atoms with Crippen LogP contribution in [0.3, 0.4) is 0 Å².